The molecule has 0 aliphatic rings. The standard InChI is InChI=1S/C10H12Br2N2OS/c1-16-3-2-9(15)14-10-7(11)4-6(13)5-8(10)12/h4-5H,2-3,13H2,1H3,(H,14,15). The lowest BCUT2D eigenvalue weighted by Crippen LogP contribution is -2.13. The molecule has 0 atom stereocenters. The van der Waals surface area contributed by atoms with Gasteiger partial charge in [0.25, 0.3) is 0 Å². The second kappa shape index (κ2) is 6.51. The summed E-state index contributed by atoms with van der Waals surface area (Å²) < 4.78 is 1.55. The van der Waals surface area contributed by atoms with Crippen molar-refractivity contribution in [3.8, 4) is 0 Å². The fraction of sp³-hybridized carbons (Fsp3) is 0.300. The molecule has 0 aliphatic heterocycles. The third-order valence-corrected chi connectivity index (χ3v) is 3.73. The summed E-state index contributed by atoms with van der Waals surface area (Å²) in [6, 6.07) is 3.52. The Kier molecular flexibility index (Phi) is 5.64. The van der Waals surface area contributed by atoms with Crippen LogP contribution in [0.5, 0.6) is 0 Å². The molecule has 0 spiro atoms. The zero-order valence-corrected chi connectivity index (χ0v) is 12.7. The summed E-state index contributed by atoms with van der Waals surface area (Å²) in [5, 5.41) is 2.84. The molecule has 0 radical (unpaired) electrons. The maximum absolute atomic E-state index is 11.6. The van der Waals surface area contributed by atoms with E-state index in [1.807, 2.05) is 6.26 Å². The van der Waals surface area contributed by atoms with Gasteiger partial charge in [0.2, 0.25) is 5.91 Å². The third kappa shape index (κ3) is 3.99. The Morgan fingerprint density at radius 3 is 2.50 bits per heavy atom. The molecule has 0 aromatic heterocycles. The summed E-state index contributed by atoms with van der Waals surface area (Å²) in [4.78, 5) is 11.6. The van der Waals surface area contributed by atoms with Gasteiger partial charge in [0.1, 0.15) is 0 Å². The van der Waals surface area contributed by atoms with Crippen LogP contribution in [0, 0.1) is 0 Å². The molecule has 1 amide bonds. The Morgan fingerprint density at radius 2 is 2.00 bits per heavy atom. The minimum absolute atomic E-state index is 0.000483. The maximum Gasteiger partial charge on any atom is 0.225 e. The number of nitrogen functional groups attached to an aromatic ring is 1. The van der Waals surface area contributed by atoms with Crippen molar-refractivity contribution in [3.05, 3.63) is 21.1 Å². The molecule has 0 bridgehead atoms. The molecule has 3 N–H and O–H groups in total. The number of anilines is 2. The fourth-order valence-corrected chi connectivity index (χ4v) is 2.92. The second-order valence-corrected chi connectivity index (χ2v) is 5.84. The minimum Gasteiger partial charge on any atom is -0.399 e. The molecule has 0 fully saturated rings. The molecule has 0 aliphatic carbocycles. The van der Waals surface area contributed by atoms with Crippen molar-refractivity contribution in [2.24, 2.45) is 0 Å². The number of hydrogen-bond acceptors (Lipinski definition) is 3. The lowest BCUT2D eigenvalue weighted by Gasteiger charge is -2.10. The minimum atomic E-state index is 0.000483. The van der Waals surface area contributed by atoms with Gasteiger partial charge >= 0.3 is 0 Å². The molecule has 3 nitrogen and oxygen atoms in total. The number of amides is 1. The number of benzene rings is 1. The molecule has 1 rings (SSSR count). The van der Waals surface area contributed by atoms with Gasteiger partial charge < -0.3 is 11.1 Å². The largest absolute Gasteiger partial charge is 0.399 e. The first-order valence-corrected chi connectivity index (χ1v) is 7.56. The van der Waals surface area contributed by atoms with Crippen molar-refractivity contribution in [2.75, 3.05) is 23.1 Å². The summed E-state index contributed by atoms with van der Waals surface area (Å²) in [5.74, 6) is 0.816. The first-order chi connectivity index (χ1) is 7.54. The van der Waals surface area contributed by atoms with Crippen LogP contribution in [0.1, 0.15) is 6.42 Å². The number of thioether (sulfide) groups is 1. The van der Waals surface area contributed by atoms with Crippen molar-refractivity contribution in [2.45, 2.75) is 6.42 Å². The molecule has 0 saturated carbocycles. The second-order valence-electron chi connectivity index (χ2n) is 3.15. The van der Waals surface area contributed by atoms with E-state index in [-0.39, 0.29) is 5.91 Å². The Balaban J connectivity index is 2.77. The maximum atomic E-state index is 11.6. The first-order valence-electron chi connectivity index (χ1n) is 4.58. The van der Waals surface area contributed by atoms with E-state index in [4.69, 9.17) is 5.73 Å². The summed E-state index contributed by atoms with van der Waals surface area (Å²) in [5.41, 5.74) is 7.03. The molecule has 88 valence electrons. The quantitative estimate of drug-likeness (QED) is 0.801. The van der Waals surface area contributed by atoms with E-state index in [0.29, 0.717) is 12.1 Å². The van der Waals surface area contributed by atoms with E-state index in [2.05, 4.69) is 37.2 Å². The number of carbonyl (C=O) groups excluding carboxylic acids is 1. The van der Waals surface area contributed by atoms with Gasteiger partial charge in [0.05, 0.1) is 5.69 Å². The number of carbonyl (C=O) groups is 1. The number of halogens is 2. The highest BCUT2D eigenvalue weighted by atomic mass is 79.9. The highest BCUT2D eigenvalue weighted by Gasteiger charge is 2.09. The molecular weight excluding hydrogens is 356 g/mol. The molecule has 6 heteroatoms. The molecule has 0 unspecified atom stereocenters. The normalized spacial score (nSPS) is 10.2. The third-order valence-electron chi connectivity index (χ3n) is 1.86. The predicted molar refractivity (Wildman–Crippen MR) is 77.9 cm³/mol. The van der Waals surface area contributed by atoms with E-state index in [0.717, 1.165) is 20.4 Å². The van der Waals surface area contributed by atoms with Crippen LogP contribution >= 0.6 is 43.6 Å². The van der Waals surface area contributed by atoms with Gasteiger partial charge in [0, 0.05) is 26.8 Å². The number of nitrogens with one attached hydrogen (secondary N) is 1. The van der Waals surface area contributed by atoms with Gasteiger partial charge in [-0.2, -0.15) is 11.8 Å². The lowest BCUT2D eigenvalue weighted by atomic mass is 10.3. The van der Waals surface area contributed by atoms with Gasteiger partial charge in [0.15, 0.2) is 0 Å². The first kappa shape index (κ1) is 13.9. The average molecular weight is 368 g/mol. The van der Waals surface area contributed by atoms with Crippen LogP contribution < -0.4 is 11.1 Å². The van der Waals surface area contributed by atoms with Crippen LogP contribution in [0.2, 0.25) is 0 Å². The molecule has 1 aromatic carbocycles. The Labute approximate surface area is 116 Å². The zero-order valence-electron chi connectivity index (χ0n) is 8.72. The molecule has 1 aromatic rings. The number of rotatable bonds is 4. The van der Waals surface area contributed by atoms with Gasteiger partial charge in [-0.15, -0.1) is 0 Å². The summed E-state index contributed by atoms with van der Waals surface area (Å²) in [6.45, 7) is 0. The van der Waals surface area contributed by atoms with Crippen molar-refractivity contribution in [3.63, 3.8) is 0 Å². The van der Waals surface area contributed by atoms with Crippen molar-refractivity contribution < 1.29 is 4.79 Å². The van der Waals surface area contributed by atoms with Crippen molar-refractivity contribution in [1.82, 2.24) is 0 Å². The van der Waals surface area contributed by atoms with Crippen LogP contribution in [-0.2, 0) is 4.79 Å². The van der Waals surface area contributed by atoms with Crippen molar-refractivity contribution in [1.29, 1.82) is 0 Å². The smallest absolute Gasteiger partial charge is 0.225 e. The number of nitrogens with two attached hydrogens (primary N) is 1. The van der Waals surface area contributed by atoms with E-state index < -0.39 is 0 Å². The molecular formula is C10H12Br2N2OS. The van der Waals surface area contributed by atoms with Crippen LogP contribution in [-0.4, -0.2) is 17.9 Å². The summed E-state index contributed by atoms with van der Waals surface area (Å²) >= 11 is 8.38. The van der Waals surface area contributed by atoms with E-state index in [1.165, 1.54) is 0 Å². The van der Waals surface area contributed by atoms with Crippen LogP contribution in [0.4, 0.5) is 11.4 Å². The van der Waals surface area contributed by atoms with Gasteiger partial charge in [-0.25, -0.2) is 0 Å². The summed E-state index contributed by atoms with van der Waals surface area (Å²) in [6.07, 6.45) is 2.48. The Bertz CT molecular complexity index is 375. The predicted octanol–water partition coefficient (Wildman–Crippen LogP) is 3.49. The zero-order chi connectivity index (χ0) is 12.1. The Morgan fingerprint density at radius 1 is 1.44 bits per heavy atom. The van der Waals surface area contributed by atoms with Gasteiger partial charge in [-0.3, -0.25) is 4.79 Å². The van der Waals surface area contributed by atoms with Crippen molar-refractivity contribution >= 4 is 60.9 Å². The van der Waals surface area contributed by atoms with Crippen LogP contribution in [0.3, 0.4) is 0 Å². The molecule has 0 saturated heterocycles. The SMILES string of the molecule is CSCCC(=O)Nc1c(Br)cc(N)cc1Br. The highest BCUT2D eigenvalue weighted by Crippen LogP contribution is 2.33. The highest BCUT2D eigenvalue weighted by molar-refractivity contribution is 9.11. The van der Waals surface area contributed by atoms with E-state index in [1.54, 1.807) is 23.9 Å². The molecule has 16 heavy (non-hydrogen) atoms. The van der Waals surface area contributed by atoms with E-state index >= 15 is 0 Å². The van der Waals surface area contributed by atoms with Gasteiger partial charge in [-0.1, -0.05) is 0 Å². The number of hydrogen-bond donors (Lipinski definition) is 2. The molecule has 0 heterocycles. The van der Waals surface area contributed by atoms with Crippen LogP contribution in [0.25, 0.3) is 0 Å². The lowest BCUT2D eigenvalue weighted by molar-refractivity contribution is -0.115. The Hall–Kier alpha value is -0.200. The fourth-order valence-electron chi connectivity index (χ4n) is 1.11. The monoisotopic (exact) mass is 366 g/mol. The van der Waals surface area contributed by atoms with Crippen LogP contribution in [0.15, 0.2) is 21.1 Å². The average Bonchev–Trinajstić information content (AvgIpc) is 2.20. The van der Waals surface area contributed by atoms with E-state index in [9.17, 15) is 4.79 Å². The van der Waals surface area contributed by atoms with Gasteiger partial charge in [-0.05, 0) is 50.2 Å². The topological polar surface area (TPSA) is 55.1 Å². The summed E-state index contributed by atoms with van der Waals surface area (Å²) in [7, 11) is 0.